The maximum absolute atomic E-state index is 11.8. The van der Waals surface area contributed by atoms with Gasteiger partial charge in [0.2, 0.25) is 5.91 Å². The fourth-order valence-electron chi connectivity index (χ4n) is 2.47. The van der Waals surface area contributed by atoms with E-state index in [0.717, 1.165) is 36.0 Å². The highest BCUT2D eigenvalue weighted by molar-refractivity contribution is 5.84. The number of aromatic amines is 1. The number of fused-ring (bicyclic) bond motifs is 1. The number of carbonyl (C=O) groups is 1. The molecule has 1 amide bonds. The number of amides is 1. The van der Waals surface area contributed by atoms with Crippen LogP contribution in [0.25, 0.3) is 10.9 Å². The van der Waals surface area contributed by atoms with Gasteiger partial charge in [0, 0.05) is 30.1 Å². The van der Waals surface area contributed by atoms with Crippen molar-refractivity contribution in [1.29, 1.82) is 0 Å². The van der Waals surface area contributed by atoms with Gasteiger partial charge in [-0.15, -0.1) is 0 Å². The number of aromatic nitrogens is 1. The average Bonchev–Trinajstić information content (AvgIpc) is 2.89. The Kier molecular flexibility index (Phi) is 5.83. The number of benzene rings is 1. The summed E-state index contributed by atoms with van der Waals surface area (Å²) < 4.78 is 5.27. The number of rotatable bonds is 8. The van der Waals surface area contributed by atoms with E-state index >= 15 is 0 Å². The van der Waals surface area contributed by atoms with E-state index in [1.165, 1.54) is 5.56 Å². The Bertz CT molecular complexity index is 619. The van der Waals surface area contributed by atoms with Gasteiger partial charge in [0.1, 0.15) is 5.75 Å². The van der Waals surface area contributed by atoms with E-state index in [4.69, 9.17) is 4.74 Å². The second-order valence-corrected chi connectivity index (χ2v) is 5.73. The maximum Gasteiger partial charge on any atom is 0.220 e. The lowest BCUT2D eigenvalue weighted by molar-refractivity contribution is -0.121. The zero-order chi connectivity index (χ0) is 15.9. The number of nitrogens with one attached hydrogen (secondary N) is 2. The van der Waals surface area contributed by atoms with E-state index in [1.54, 1.807) is 7.11 Å². The number of ether oxygens (including phenoxy) is 1. The molecule has 1 aromatic carbocycles. The van der Waals surface area contributed by atoms with Crippen LogP contribution in [-0.2, 0) is 11.2 Å². The van der Waals surface area contributed by atoms with Crippen LogP contribution < -0.4 is 10.1 Å². The van der Waals surface area contributed by atoms with Crippen molar-refractivity contribution in [3.05, 3.63) is 30.0 Å². The molecule has 0 atom stereocenters. The predicted molar refractivity (Wildman–Crippen MR) is 89.4 cm³/mol. The first-order chi connectivity index (χ1) is 10.6. The summed E-state index contributed by atoms with van der Waals surface area (Å²) in [6.45, 7) is 1.60. The number of carbonyl (C=O) groups excluding carboxylic acids is 1. The van der Waals surface area contributed by atoms with Crippen molar-refractivity contribution >= 4 is 16.8 Å². The van der Waals surface area contributed by atoms with E-state index in [-0.39, 0.29) is 5.91 Å². The largest absolute Gasteiger partial charge is 0.497 e. The Balaban J connectivity index is 1.83. The molecule has 1 heterocycles. The molecule has 0 aliphatic heterocycles. The summed E-state index contributed by atoms with van der Waals surface area (Å²) in [4.78, 5) is 17.1. The number of nitrogens with zero attached hydrogens (tertiary/aromatic N) is 1. The SMILES string of the molecule is COc1ccc2[nH]cc(CCNC(=O)CCCN(C)C)c2c1. The summed E-state index contributed by atoms with van der Waals surface area (Å²) in [5.74, 6) is 0.973. The van der Waals surface area contributed by atoms with Crippen molar-refractivity contribution in [1.82, 2.24) is 15.2 Å². The second kappa shape index (κ2) is 7.84. The van der Waals surface area contributed by atoms with Gasteiger partial charge >= 0.3 is 0 Å². The van der Waals surface area contributed by atoms with Gasteiger partial charge in [-0.05, 0) is 57.2 Å². The molecular weight excluding hydrogens is 278 g/mol. The standard InChI is InChI=1S/C17H25N3O2/c1-20(2)10-4-5-17(21)18-9-8-13-12-19-16-7-6-14(22-3)11-15(13)16/h6-7,11-12,19H,4-5,8-10H2,1-3H3,(H,18,21). The molecule has 0 saturated heterocycles. The van der Waals surface area contributed by atoms with Crippen LogP contribution in [-0.4, -0.2) is 50.1 Å². The van der Waals surface area contributed by atoms with Crippen molar-refractivity contribution in [2.45, 2.75) is 19.3 Å². The molecule has 0 bridgehead atoms. The van der Waals surface area contributed by atoms with E-state index in [2.05, 4.69) is 15.2 Å². The van der Waals surface area contributed by atoms with Gasteiger partial charge in [0.05, 0.1) is 7.11 Å². The van der Waals surface area contributed by atoms with E-state index in [0.29, 0.717) is 13.0 Å². The van der Waals surface area contributed by atoms with E-state index in [9.17, 15) is 4.79 Å². The van der Waals surface area contributed by atoms with Gasteiger partial charge in [-0.2, -0.15) is 0 Å². The molecule has 2 N–H and O–H groups in total. The summed E-state index contributed by atoms with van der Waals surface area (Å²) >= 11 is 0. The highest BCUT2D eigenvalue weighted by Crippen LogP contribution is 2.23. The lowest BCUT2D eigenvalue weighted by Gasteiger charge is -2.09. The van der Waals surface area contributed by atoms with Gasteiger partial charge in [0.15, 0.2) is 0 Å². The van der Waals surface area contributed by atoms with Crippen LogP contribution in [0.5, 0.6) is 5.75 Å². The van der Waals surface area contributed by atoms with Gasteiger partial charge in [-0.1, -0.05) is 0 Å². The van der Waals surface area contributed by atoms with Crippen molar-refractivity contribution in [3.63, 3.8) is 0 Å². The molecule has 22 heavy (non-hydrogen) atoms. The zero-order valence-corrected chi connectivity index (χ0v) is 13.6. The molecule has 2 rings (SSSR count). The fourth-order valence-corrected chi connectivity index (χ4v) is 2.47. The highest BCUT2D eigenvalue weighted by Gasteiger charge is 2.06. The number of hydrogen-bond donors (Lipinski definition) is 2. The molecule has 2 aromatic rings. The smallest absolute Gasteiger partial charge is 0.220 e. The van der Waals surface area contributed by atoms with Crippen molar-refractivity contribution in [2.75, 3.05) is 34.3 Å². The van der Waals surface area contributed by atoms with Crippen molar-refractivity contribution in [2.24, 2.45) is 0 Å². The predicted octanol–water partition coefficient (Wildman–Crippen LogP) is 2.18. The molecule has 0 unspecified atom stereocenters. The molecule has 0 spiro atoms. The Morgan fingerprint density at radius 2 is 2.18 bits per heavy atom. The minimum atomic E-state index is 0.124. The molecular formula is C17H25N3O2. The van der Waals surface area contributed by atoms with Crippen molar-refractivity contribution < 1.29 is 9.53 Å². The van der Waals surface area contributed by atoms with Crippen LogP contribution in [0.3, 0.4) is 0 Å². The summed E-state index contributed by atoms with van der Waals surface area (Å²) in [7, 11) is 5.70. The molecule has 5 heteroatoms. The minimum absolute atomic E-state index is 0.124. The average molecular weight is 303 g/mol. The molecule has 0 saturated carbocycles. The number of methoxy groups -OCH3 is 1. The molecule has 0 aliphatic rings. The summed E-state index contributed by atoms with van der Waals surface area (Å²) in [5, 5.41) is 4.14. The van der Waals surface area contributed by atoms with Crippen LogP contribution in [0, 0.1) is 0 Å². The Morgan fingerprint density at radius 3 is 2.91 bits per heavy atom. The first-order valence-corrected chi connectivity index (χ1v) is 7.65. The molecule has 0 fully saturated rings. The maximum atomic E-state index is 11.8. The van der Waals surface area contributed by atoms with Gasteiger partial charge in [0.25, 0.3) is 0 Å². The van der Waals surface area contributed by atoms with Crippen LogP contribution in [0.15, 0.2) is 24.4 Å². The zero-order valence-electron chi connectivity index (χ0n) is 13.6. The monoisotopic (exact) mass is 303 g/mol. The second-order valence-electron chi connectivity index (χ2n) is 5.73. The first kappa shape index (κ1) is 16.4. The molecule has 1 aromatic heterocycles. The van der Waals surface area contributed by atoms with Crippen LogP contribution in [0.2, 0.25) is 0 Å². The summed E-state index contributed by atoms with van der Waals surface area (Å²) in [6.07, 6.45) is 4.29. The number of hydrogen-bond acceptors (Lipinski definition) is 3. The van der Waals surface area contributed by atoms with Gasteiger partial charge in [-0.3, -0.25) is 4.79 Å². The topological polar surface area (TPSA) is 57.4 Å². The fraction of sp³-hybridized carbons (Fsp3) is 0.471. The summed E-state index contributed by atoms with van der Waals surface area (Å²) in [5.41, 5.74) is 2.29. The third kappa shape index (κ3) is 4.49. The van der Waals surface area contributed by atoms with Crippen LogP contribution >= 0.6 is 0 Å². The van der Waals surface area contributed by atoms with Crippen molar-refractivity contribution in [3.8, 4) is 5.75 Å². The quantitative estimate of drug-likeness (QED) is 0.786. The third-order valence-electron chi connectivity index (χ3n) is 3.70. The lowest BCUT2D eigenvalue weighted by atomic mass is 10.1. The molecule has 5 nitrogen and oxygen atoms in total. The van der Waals surface area contributed by atoms with Gasteiger partial charge in [-0.25, -0.2) is 0 Å². The third-order valence-corrected chi connectivity index (χ3v) is 3.70. The Labute approximate surface area is 131 Å². The summed E-state index contributed by atoms with van der Waals surface area (Å²) in [6, 6.07) is 5.98. The molecule has 0 radical (unpaired) electrons. The van der Waals surface area contributed by atoms with Gasteiger partial charge < -0.3 is 19.9 Å². The Hall–Kier alpha value is -2.01. The van der Waals surface area contributed by atoms with E-state index in [1.807, 2.05) is 38.5 Å². The van der Waals surface area contributed by atoms with Crippen LogP contribution in [0.4, 0.5) is 0 Å². The normalized spacial score (nSPS) is 11.1. The lowest BCUT2D eigenvalue weighted by Crippen LogP contribution is -2.26. The first-order valence-electron chi connectivity index (χ1n) is 7.65. The molecule has 0 aliphatic carbocycles. The highest BCUT2D eigenvalue weighted by atomic mass is 16.5. The Morgan fingerprint density at radius 1 is 1.36 bits per heavy atom. The van der Waals surface area contributed by atoms with E-state index < -0.39 is 0 Å². The molecule has 120 valence electrons. The number of H-pyrrole nitrogens is 1. The minimum Gasteiger partial charge on any atom is -0.497 e. The van der Waals surface area contributed by atoms with Crippen LogP contribution in [0.1, 0.15) is 18.4 Å².